The summed E-state index contributed by atoms with van der Waals surface area (Å²) >= 11 is 0. The van der Waals surface area contributed by atoms with E-state index >= 15 is 0 Å². The molecule has 0 fully saturated rings. The lowest BCUT2D eigenvalue weighted by molar-refractivity contribution is 0.102. The molecule has 21 heavy (non-hydrogen) atoms. The van der Waals surface area contributed by atoms with E-state index in [0.29, 0.717) is 5.69 Å². The summed E-state index contributed by atoms with van der Waals surface area (Å²) in [4.78, 5) is 22.4. The molecule has 106 valence electrons. The maximum atomic E-state index is 13.5. The van der Waals surface area contributed by atoms with Crippen molar-refractivity contribution in [3.63, 3.8) is 0 Å². The number of nitrogens with one attached hydrogen (secondary N) is 2. The van der Waals surface area contributed by atoms with Gasteiger partial charge in [-0.2, -0.15) is 4.39 Å². The van der Waals surface area contributed by atoms with Crippen LogP contribution in [-0.4, -0.2) is 20.9 Å². The highest BCUT2D eigenvalue weighted by molar-refractivity contribution is 6.05. The molecule has 3 rings (SSSR count). The average molecular weight is 288 g/mol. The zero-order chi connectivity index (χ0) is 15.0. The highest BCUT2D eigenvalue weighted by Crippen LogP contribution is 2.18. The van der Waals surface area contributed by atoms with Gasteiger partial charge < -0.3 is 10.3 Å². The molecule has 0 bridgehead atoms. The van der Waals surface area contributed by atoms with E-state index in [1.165, 1.54) is 0 Å². The van der Waals surface area contributed by atoms with E-state index in [0.717, 1.165) is 29.1 Å². The first-order chi connectivity index (χ1) is 10.0. The number of halogens is 2. The SMILES string of the molecule is Cc1nc2ccc(NC(=O)c3ccnc(F)c3F)cc2[nH]1. The Morgan fingerprint density at radius 3 is 2.90 bits per heavy atom. The zero-order valence-corrected chi connectivity index (χ0v) is 10.9. The molecule has 7 heteroatoms. The van der Waals surface area contributed by atoms with Gasteiger partial charge in [0, 0.05) is 11.9 Å². The van der Waals surface area contributed by atoms with Crippen molar-refractivity contribution in [2.75, 3.05) is 5.32 Å². The predicted octanol–water partition coefficient (Wildman–Crippen LogP) is 2.80. The minimum Gasteiger partial charge on any atom is -0.342 e. The van der Waals surface area contributed by atoms with Gasteiger partial charge in [-0.1, -0.05) is 0 Å². The lowest BCUT2D eigenvalue weighted by atomic mass is 10.2. The van der Waals surface area contributed by atoms with Crippen LogP contribution >= 0.6 is 0 Å². The van der Waals surface area contributed by atoms with Gasteiger partial charge in [0.1, 0.15) is 5.82 Å². The maximum absolute atomic E-state index is 13.5. The van der Waals surface area contributed by atoms with E-state index in [-0.39, 0.29) is 0 Å². The van der Waals surface area contributed by atoms with Gasteiger partial charge in [0.05, 0.1) is 16.6 Å². The molecule has 0 aliphatic rings. The fourth-order valence-corrected chi connectivity index (χ4v) is 2.01. The van der Waals surface area contributed by atoms with Gasteiger partial charge in [-0.3, -0.25) is 4.79 Å². The number of benzene rings is 1. The van der Waals surface area contributed by atoms with Gasteiger partial charge in [0.2, 0.25) is 5.95 Å². The molecule has 0 spiro atoms. The fraction of sp³-hybridized carbons (Fsp3) is 0.0714. The number of nitrogens with zero attached hydrogens (tertiary/aromatic N) is 2. The van der Waals surface area contributed by atoms with E-state index in [1.807, 2.05) is 6.92 Å². The van der Waals surface area contributed by atoms with E-state index in [2.05, 4.69) is 20.3 Å². The number of aromatic nitrogens is 3. The minimum absolute atomic E-state index is 0.400. The van der Waals surface area contributed by atoms with Gasteiger partial charge in [0.25, 0.3) is 5.91 Å². The largest absolute Gasteiger partial charge is 0.342 e. The Hall–Kier alpha value is -2.83. The number of aryl methyl sites for hydroxylation is 1. The monoisotopic (exact) mass is 288 g/mol. The quantitative estimate of drug-likeness (QED) is 0.712. The first kappa shape index (κ1) is 13.2. The normalized spacial score (nSPS) is 10.8. The van der Waals surface area contributed by atoms with Gasteiger partial charge in [-0.15, -0.1) is 0 Å². The standard InChI is InChI=1S/C14H10F2N4O/c1-7-18-10-3-2-8(6-11(10)19-7)20-14(21)9-4-5-17-13(16)12(9)15/h2-6H,1H3,(H,18,19)(H,20,21). The van der Waals surface area contributed by atoms with Crippen LogP contribution in [0.5, 0.6) is 0 Å². The van der Waals surface area contributed by atoms with Crippen LogP contribution in [0.2, 0.25) is 0 Å². The number of aromatic amines is 1. The first-order valence-corrected chi connectivity index (χ1v) is 6.12. The van der Waals surface area contributed by atoms with Crippen LogP contribution in [0.4, 0.5) is 14.5 Å². The number of anilines is 1. The summed E-state index contributed by atoms with van der Waals surface area (Å²) in [6, 6.07) is 6.14. The highest BCUT2D eigenvalue weighted by atomic mass is 19.2. The molecule has 3 aromatic rings. The van der Waals surface area contributed by atoms with Crippen molar-refractivity contribution in [3.8, 4) is 0 Å². The number of carbonyl (C=O) groups is 1. The smallest absolute Gasteiger partial charge is 0.258 e. The maximum Gasteiger partial charge on any atom is 0.258 e. The molecule has 1 amide bonds. The molecule has 0 radical (unpaired) electrons. The highest BCUT2D eigenvalue weighted by Gasteiger charge is 2.16. The Morgan fingerprint density at radius 1 is 1.29 bits per heavy atom. The number of pyridine rings is 1. The molecule has 0 saturated heterocycles. The molecule has 1 aromatic carbocycles. The molecular formula is C14H10F2N4O. The summed E-state index contributed by atoms with van der Waals surface area (Å²) in [5, 5.41) is 2.51. The van der Waals surface area contributed by atoms with Crippen molar-refractivity contribution in [2.24, 2.45) is 0 Å². The number of H-pyrrole nitrogens is 1. The second-order valence-electron chi connectivity index (χ2n) is 4.47. The number of fused-ring (bicyclic) bond motifs is 1. The van der Waals surface area contributed by atoms with Crippen LogP contribution in [0.25, 0.3) is 11.0 Å². The summed E-state index contributed by atoms with van der Waals surface area (Å²) < 4.78 is 26.5. The third-order valence-corrected chi connectivity index (χ3v) is 2.95. The van der Waals surface area contributed by atoms with Gasteiger partial charge in [0.15, 0.2) is 5.82 Å². The summed E-state index contributed by atoms with van der Waals surface area (Å²) in [6.45, 7) is 1.81. The van der Waals surface area contributed by atoms with E-state index in [1.54, 1.807) is 18.2 Å². The van der Waals surface area contributed by atoms with Crippen molar-refractivity contribution < 1.29 is 13.6 Å². The van der Waals surface area contributed by atoms with Crippen LogP contribution in [-0.2, 0) is 0 Å². The van der Waals surface area contributed by atoms with Crippen LogP contribution in [0.3, 0.4) is 0 Å². The predicted molar refractivity (Wildman–Crippen MR) is 72.9 cm³/mol. The number of hydrogen-bond acceptors (Lipinski definition) is 3. The Morgan fingerprint density at radius 2 is 2.10 bits per heavy atom. The molecule has 0 aliphatic carbocycles. The molecule has 2 N–H and O–H groups in total. The van der Waals surface area contributed by atoms with Crippen LogP contribution in [0.1, 0.15) is 16.2 Å². The van der Waals surface area contributed by atoms with E-state index in [9.17, 15) is 13.6 Å². The Bertz CT molecular complexity index is 844. The topological polar surface area (TPSA) is 70.7 Å². The second-order valence-corrected chi connectivity index (χ2v) is 4.47. The third kappa shape index (κ3) is 2.45. The van der Waals surface area contributed by atoms with Crippen LogP contribution < -0.4 is 5.32 Å². The number of carbonyl (C=O) groups excluding carboxylic acids is 1. The van der Waals surface area contributed by atoms with Gasteiger partial charge in [-0.25, -0.2) is 14.4 Å². The number of rotatable bonds is 2. The molecule has 0 unspecified atom stereocenters. The molecule has 0 aliphatic heterocycles. The van der Waals surface area contributed by atoms with Crippen molar-refractivity contribution in [1.29, 1.82) is 0 Å². The summed E-state index contributed by atoms with van der Waals surface area (Å²) in [7, 11) is 0. The Balaban J connectivity index is 1.90. The Labute approximate surface area is 118 Å². The number of imidazole rings is 1. The van der Waals surface area contributed by atoms with Crippen LogP contribution in [0, 0.1) is 18.7 Å². The zero-order valence-electron chi connectivity index (χ0n) is 10.9. The minimum atomic E-state index is -1.30. The molecule has 2 heterocycles. The van der Waals surface area contributed by atoms with E-state index in [4.69, 9.17) is 0 Å². The first-order valence-electron chi connectivity index (χ1n) is 6.12. The van der Waals surface area contributed by atoms with Crippen molar-refractivity contribution in [2.45, 2.75) is 6.92 Å². The number of amides is 1. The second kappa shape index (κ2) is 4.93. The summed E-state index contributed by atoms with van der Waals surface area (Å²) in [6.07, 6.45) is 1.04. The number of hydrogen-bond donors (Lipinski definition) is 2. The summed E-state index contributed by atoms with van der Waals surface area (Å²) in [5.74, 6) is -2.57. The molecule has 2 aromatic heterocycles. The molecule has 0 saturated carbocycles. The molecule has 5 nitrogen and oxygen atoms in total. The Kier molecular flexibility index (Phi) is 3.09. The molecule has 0 atom stereocenters. The summed E-state index contributed by atoms with van der Waals surface area (Å²) in [5.41, 5.74) is 1.55. The van der Waals surface area contributed by atoms with E-state index < -0.39 is 23.2 Å². The fourth-order valence-electron chi connectivity index (χ4n) is 2.01. The van der Waals surface area contributed by atoms with Crippen molar-refractivity contribution in [3.05, 3.63) is 53.6 Å². The van der Waals surface area contributed by atoms with Gasteiger partial charge >= 0.3 is 0 Å². The van der Waals surface area contributed by atoms with Gasteiger partial charge in [-0.05, 0) is 31.2 Å². The van der Waals surface area contributed by atoms with Crippen molar-refractivity contribution in [1.82, 2.24) is 15.0 Å². The lowest BCUT2D eigenvalue weighted by Gasteiger charge is -2.06. The van der Waals surface area contributed by atoms with Crippen LogP contribution in [0.15, 0.2) is 30.5 Å². The molecular weight excluding hydrogens is 278 g/mol. The lowest BCUT2D eigenvalue weighted by Crippen LogP contribution is -2.15. The average Bonchev–Trinajstić information content (AvgIpc) is 2.81. The van der Waals surface area contributed by atoms with Crippen molar-refractivity contribution >= 4 is 22.6 Å². The third-order valence-electron chi connectivity index (χ3n) is 2.95.